The summed E-state index contributed by atoms with van der Waals surface area (Å²) in [4.78, 5) is 24.0. The minimum Gasteiger partial charge on any atom is -0.479 e. The minimum absolute atomic E-state index is 0.109. The summed E-state index contributed by atoms with van der Waals surface area (Å²) >= 11 is 0. The van der Waals surface area contributed by atoms with Crippen molar-refractivity contribution in [3.63, 3.8) is 0 Å². The number of benzene rings is 1. The number of carbonyl (C=O) groups excluding carboxylic acids is 2. The zero-order valence-electron chi connectivity index (χ0n) is 11.8. The van der Waals surface area contributed by atoms with E-state index in [9.17, 15) is 9.59 Å². The topological polar surface area (TPSA) is 73.9 Å². The zero-order chi connectivity index (χ0) is 15.0. The van der Waals surface area contributed by atoms with Crippen LogP contribution < -0.4 is 10.1 Å². The maximum absolute atomic E-state index is 12.1. The average molecular weight is 289 g/mol. The molecule has 110 valence electrons. The maximum Gasteiger partial charge on any atom is 0.342 e. The smallest absolute Gasteiger partial charge is 0.342 e. The number of hydrogen-bond donors (Lipinski definition) is 1. The first kappa shape index (κ1) is 13.6. The molecule has 3 rings (SSSR count). The zero-order valence-corrected chi connectivity index (χ0v) is 11.8. The van der Waals surface area contributed by atoms with Gasteiger partial charge in [-0.15, -0.1) is 0 Å². The van der Waals surface area contributed by atoms with Crippen LogP contribution in [0.5, 0.6) is 5.75 Å². The van der Waals surface area contributed by atoms with Gasteiger partial charge in [-0.1, -0.05) is 12.1 Å². The molecular formula is C15H15NO5. The summed E-state index contributed by atoms with van der Waals surface area (Å²) < 4.78 is 15.5. The Kier molecular flexibility index (Phi) is 3.17. The Labute approximate surface area is 121 Å². The lowest BCUT2D eigenvalue weighted by molar-refractivity contribution is 0.0484. The molecule has 1 aromatic rings. The van der Waals surface area contributed by atoms with Crippen molar-refractivity contribution in [3.05, 3.63) is 34.9 Å². The molecular weight excluding hydrogens is 274 g/mol. The molecule has 2 aliphatic rings. The second-order valence-corrected chi connectivity index (χ2v) is 4.99. The summed E-state index contributed by atoms with van der Waals surface area (Å²) in [6.45, 7) is 1.32. The van der Waals surface area contributed by atoms with Crippen LogP contribution in [0.25, 0.3) is 6.08 Å². The standard InChI is InChI=1S/C15H15NO5/c1-19-13(17)10-4-3-9-5-6-15(7-16-8-15)21-12(9)11(10)14(18)20-2/h3-6,16H,7-8H2,1-2H3. The molecule has 0 bridgehead atoms. The summed E-state index contributed by atoms with van der Waals surface area (Å²) in [5.74, 6) is -0.851. The highest BCUT2D eigenvalue weighted by Crippen LogP contribution is 2.38. The van der Waals surface area contributed by atoms with E-state index >= 15 is 0 Å². The monoisotopic (exact) mass is 289 g/mol. The lowest BCUT2D eigenvalue weighted by Gasteiger charge is -2.42. The molecule has 6 nitrogen and oxygen atoms in total. The van der Waals surface area contributed by atoms with Crippen molar-refractivity contribution in [2.24, 2.45) is 0 Å². The van der Waals surface area contributed by atoms with Crippen molar-refractivity contribution in [3.8, 4) is 5.75 Å². The third-order valence-corrected chi connectivity index (χ3v) is 3.70. The van der Waals surface area contributed by atoms with Gasteiger partial charge in [-0.25, -0.2) is 9.59 Å². The molecule has 21 heavy (non-hydrogen) atoms. The predicted molar refractivity (Wildman–Crippen MR) is 74.4 cm³/mol. The van der Waals surface area contributed by atoms with Gasteiger partial charge >= 0.3 is 11.9 Å². The van der Waals surface area contributed by atoms with Crippen LogP contribution >= 0.6 is 0 Å². The molecule has 0 saturated carbocycles. The van der Waals surface area contributed by atoms with Crippen LogP contribution in [0.3, 0.4) is 0 Å². The van der Waals surface area contributed by atoms with Crippen LogP contribution in [-0.4, -0.2) is 44.8 Å². The SMILES string of the molecule is COC(=O)c1ccc2c(c1C(=O)OC)OC1(C=C2)CNC1. The van der Waals surface area contributed by atoms with Gasteiger partial charge in [-0.3, -0.25) is 0 Å². The summed E-state index contributed by atoms with van der Waals surface area (Å²) in [6.07, 6.45) is 3.86. The van der Waals surface area contributed by atoms with Crippen molar-refractivity contribution < 1.29 is 23.8 Å². The molecule has 1 N–H and O–H groups in total. The molecule has 1 fully saturated rings. The molecule has 0 atom stereocenters. The fraction of sp³-hybridized carbons (Fsp3) is 0.333. The molecule has 2 heterocycles. The second-order valence-electron chi connectivity index (χ2n) is 4.99. The van der Waals surface area contributed by atoms with E-state index in [0.29, 0.717) is 18.8 Å². The Morgan fingerprint density at radius 2 is 1.90 bits per heavy atom. The van der Waals surface area contributed by atoms with Crippen LogP contribution in [0.2, 0.25) is 0 Å². The molecule has 0 aliphatic carbocycles. The second kappa shape index (κ2) is 4.89. The van der Waals surface area contributed by atoms with Crippen molar-refractivity contribution in [2.75, 3.05) is 27.3 Å². The van der Waals surface area contributed by atoms with Gasteiger partial charge in [0.15, 0.2) is 5.60 Å². The van der Waals surface area contributed by atoms with Gasteiger partial charge in [-0.05, 0) is 12.1 Å². The van der Waals surface area contributed by atoms with Gasteiger partial charge in [-0.2, -0.15) is 0 Å². The first-order valence-electron chi connectivity index (χ1n) is 6.53. The Morgan fingerprint density at radius 1 is 1.19 bits per heavy atom. The van der Waals surface area contributed by atoms with Crippen LogP contribution in [-0.2, 0) is 9.47 Å². The Morgan fingerprint density at radius 3 is 2.48 bits per heavy atom. The predicted octanol–water partition coefficient (Wildman–Crippen LogP) is 1.01. The highest BCUT2D eigenvalue weighted by Gasteiger charge is 2.41. The lowest BCUT2D eigenvalue weighted by Crippen LogP contribution is -2.62. The fourth-order valence-corrected chi connectivity index (χ4v) is 2.47. The average Bonchev–Trinajstić information content (AvgIpc) is 2.50. The molecule has 0 amide bonds. The van der Waals surface area contributed by atoms with Gasteiger partial charge < -0.3 is 19.5 Å². The Balaban J connectivity index is 2.15. The molecule has 0 radical (unpaired) electrons. The van der Waals surface area contributed by atoms with Crippen LogP contribution in [0.1, 0.15) is 26.3 Å². The van der Waals surface area contributed by atoms with Gasteiger partial charge in [0.05, 0.1) is 19.8 Å². The highest BCUT2D eigenvalue weighted by molar-refractivity contribution is 6.06. The first-order valence-corrected chi connectivity index (χ1v) is 6.53. The van der Waals surface area contributed by atoms with Crippen LogP contribution in [0, 0.1) is 0 Å². The molecule has 0 aromatic heterocycles. The molecule has 1 spiro atoms. The summed E-state index contributed by atoms with van der Waals surface area (Å²) in [5.41, 5.74) is 0.531. The van der Waals surface area contributed by atoms with E-state index < -0.39 is 17.5 Å². The highest BCUT2D eigenvalue weighted by atomic mass is 16.5. The van der Waals surface area contributed by atoms with E-state index in [2.05, 4.69) is 5.32 Å². The number of methoxy groups -OCH3 is 2. The summed E-state index contributed by atoms with van der Waals surface area (Å²) in [7, 11) is 2.53. The first-order chi connectivity index (χ1) is 10.1. The van der Waals surface area contributed by atoms with Crippen molar-refractivity contribution in [2.45, 2.75) is 5.60 Å². The van der Waals surface area contributed by atoms with E-state index in [4.69, 9.17) is 14.2 Å². The number of carbonyl (C=O) groups is 2. The van der Waals surface area contributed by atoms with Gasteiger partial charge in [0, 0.05) is 18.7 Å². The van der Waals surface area contributed by atoms with E-state index in [1.165, 1.54) is 14.2 Å². The summed E-state index contributed by atoms with van der Waals surface area (Å²) in [5, 5.41) is 3.13. The lowest BCUT2D eigenvalue weighted by atomic mass is 9.90. The number of ether oxygens (including phenoxy) is 3. The van der Waals surface area contributed by atoms with Crippen molar-refractivity contribution >= 4 is 18.0 Å². The van der Waals surface area contributed by atoms with Crippen molar-refractivity contribution in [1.82, 2.24) is 5.32 Å². The molecule has 0 unspecified atom stereocenters. The van der Waals surface area contributed by atoms with E-state index in [0.717, 1.165) is 5.56 Å². The summed E-state index contributed by atoms with van der Waals surface area (Å²) in [6, 6.07) is 3.27. The molecule has 2 aliphatic heterocycles. The van der Waals surface area contributed by atoms with E-state index in [-0.39, 0.29) is 11.1 Å². The van der Waals surface area contributed by atoms with Crippen LogP contribution in [0.15, 0.2) is 18.2 Å². The van der Waals surface area contributed by atoms with Gasteiger partial charge in [0.1, 0.15) is 11.3 Å². The van der Waals surface area contributed by atoms with E-state index in [1.807, 2.05) is 12.2 Å². The maximum atomic E-state index is 12.1. The number of rotatable bonds is 2. The van der Waals surface area contributed by atoms with Crippen molar-refractivity contribution in [1.29, 1.82) is 0 Å². The number of fused-ring (bicyclic) bond motifs is 1. The normalized spacial score (nSPS) is 17.4. The Hall–Kier alpha value is -2.34. The van der Waals surface area contributed by atoms with Gasteiger partial charge in [0.2, 0.25) is 0 Å². The van der Waals surface area contributed by atoms with Gasteiger partial charge in [0.25, 0.3) is 0 Å². The molecule has 1 saturated heterocycles. The third-order valence-electron chi connectivity index (χ3n) is 3.70. The molecule has 6 heteroatoms. The number of esters is 2. The molecule has 1 aromatic carbocycles. The fourth-order valence-electron chi connectivity index (χ4n) is 2.47. The minimum atomic E-state index is -0.620. The quantitative estimate of drug-likeness (QED) is 0.819. The Bertz CT molecular complexity index is 646. The number of hydrogen-bond acceptors (Lipinski definition) is 6. The van der Waals surface area contributed by atoms with Crippen LogP contribution in [0.4, 0.5) is 0 Å². The number of nitrogens with one attached hydrogen (secondary N) is 1. The van der Waals surface area contributed by atoms with E-state index in [1.54, 1.807) is 12.1 Å². The third kappa shape index (κ3) is 2.08. The largest absolute Gasteiger partial charge is 0.479 e.